The highest BCUT2D eigenvalue weighted by molar-refractivity contribution is 7.98. The van der Waals surface area contributed by atoms with Crippen molar-refractivity contribution in [3.8, 4) is 11.3 Å². The molecule has 9 heteroatoms. The first-order chi connectivity index (χ1) is 15.2. The van der Waals surface area contributed by atoms with E-state index in [2.05, 4.69) is 5.10 Å². The Balaban J connectivity index is 1.73. The Kier molecular flexibility index (Phi) is 6.20. The molecule has 0 aliphatic carbocycles. The summed E-state index contributed by atoms with van der Waals surface area (Å²) in [7, 11) is 0. The zero-order chi connectivity index (χ0) is 23.0. The molecule has 0 saturated carbocycles. The molecular weight excluding hydrogens is 433 g/mol. The van der Waals surface area contributed by atoms with Gasteiger partial charge in [-0.2, -0.15) is 5.10 Å². The Morgan fingerprint density at radius 3 is 2.81 bits per heavy atom. The molecule has 2 aromatic rings. The van der Waals surface area contributed by atoms with E-state index < -0.39 is 11.6 Å². The molecule has 172 valence electrons. The molecule has 32 heavy (non-hydrogen) atoms. The lowest BCUT2D eigenvalue weighted by Crippen LogP contribution is -2.43. The van der Waals surface area contributed by atoms with Crippen LogP contribution < -0.4 is 0 Å². The lowest BCUT2D eigenvalue weighted by atomic mass is 10.0. The monoisotopic (exact) mass is 461 g/mol. The summed E-state index contributed by atoms with van der Waals surface area (Å²) in [5, 5.41) is 4.68. The zero-order valence-corrected chi connectivity index (χ0v) is 19.6. The molecular formula is C23H28FN3O4S. The summed E-state index contributed by atoms with van der Waals surface area (Å²) in [6.07, 6.45) is 1.24. The van der Waals surface area contributed by atoms with E-state index in [4.69, 9.17) is 9.47 Å². The number of hydrogen-bond donors (Lipinski definition) is 0. The number of hydrogen-bond acceptors (Lipinski definition) is 6. The summed E-state index contributed by atoms with van der Waals surface area (Å²) in [5.74, 6) is -0.263. The van der Waals surface area contributed by atoms with E-state index in [1.807, 2.05) is 25.5 Å². The average Bonchev–Trinajstić information content (AvgIpc) is 3.13. The van der Waals surface area contributed by atoms with E-state index in [-0.39, 0.29) is 24.6 Å². The molecule has 1 aromatic carbocycles. The fourth-order valence-corrected chi connectivity index (χ4v) is 5.22. The van der Waals surface area contributed by atoms with Crippen molar-refractivity contribution in [1.29, 1.82) is 0 Å². The van der Waals surface area contributed by atoms with Gasteiger partial charge in [0, 0.05) is 34.9 Å². The van der Waals surface area contributed by atoms with Gasteiger partial charge in [0.15, 0.2) is 5.69 Å². The Morgan fingerprint density at radius 1 is 1.31 bits per heavy atom. The molecule has 0 radical (unpaired) electrons. The molecule has 1 unspecified atom stereocenters. The number of piperidine rings is 1. The minimum Gasteiger partial charge on any atom is -0.461 e. The van der Waals surface area contributed by atoms with Crippen LogP contribution in [0, 0.1) is 5.82 Å². The van der Waals surface area contributed by atoms with Crippen LogP contribution in [0.4, 0.5) is 9.18 Å². The van der Waals surface area contributed by atoms with Gasteiger partial charge in [-0.05, 0) is 58.7 Å². The lowest BCUT2D eigenvalue weighted by Gasteiger charge is -2.35. The maximum absolute atomic E-state index is 13.9. The quantitative estimate of drug-likeness (QED) is 0.596. The van der Waals surface area contributed by atoms with Crippen LogP contribution in [-0.2, 0) is 15.2 Å². The van der Waals surface area contributed by atoms with Gasteiger partial charge in [-0.15, -0.1) is 11.8 Å². The van der Waals surface area contributed by atoms with Crippen LogP contribution in [0.25, 0.3) is 11.3 Å². The van der Waals surface area contributed by atoms with Gasteiger partial charge in [-0.3, -0.25) is 4.68 Å². The highest BCUT2D eigenvalue weighted by Crippen LogP contribution is 2.44. The molecule has 2 aliphatic rings. The number of amides is 1. The number of thioether (sulfide) groups is 1. The van der Waals surface area contributed by atoms with Gasteiger partial charge in [0.25, 0.3) is 0 Å². The number of likely N-dealkylation sites (tertiary alicyclic amines) is 1. The predicted molar refractivity (Wildman–Crippen MR) is 119 cm³/mol. The molecule has 4 rings (SSSR count). The van der Waals surface area contributed by atoms with E-state index in [0.29, 0.717) is 24.5 Å². The van der Waals surface area contributed by atoms with Crippen LogP contribution in [0.1, 0.15) is 62.6 Å². The molecule has 1 amide bonds. The van der Waals surface area contributed by atoms with Crippen molar-refractivity contribution in [2.45, 2.75) is 62.8 Å². The van der Waals surface area contributed by atoms with E-state index in [1.165, 1.54) is 23.9 Å². The average molecular weight is 462 g/mol. The first-order valence-corrected chi connectivity index (χ1v) is 11.9. The normalized spacial score (nSPS) is 18.0. The van der Waals surface area contributed by atoms with Gasteiger partial charge in [-0.1, -0.05) is 0 Å². The number of halogens is 1. The van der Waals surface area contributed by atoms with Gasteiger partial charge < -0.3 is 14.4 Å². The number of carbonyl (C=O) groups is 2. The van der Waals surface area contributed by atoms with Crippen LogP contribution in [0.3, 0.4) is 0 Å². The zero-order valence-electron chi connectivity index (χ0n) is 18.8. The Hall–Kier alpha value is -2.55. The molecule has 1 saturated heterocycles. The second-order valence-corrected chi connectivity index (χ2v) is 10.0. The fraction of sp³-hybridized carbons (Fsp3) is 0.522. The van der Waals surface area contributed by atoms with Crippen LogP contribution >= 0.6 is 11.8 Å². The third kappa shape index (κ3) is 4.48. The van der Waals surface area contributed by atoms with Crippen LogP contribution in [0.2, 0.25) is 0 Å². The van der Waals surface area contributed by atoms with Gasteiger partial charge in [0.2, 0.25) is 0 Å². The fourth-order valence-electron chi connectivity index (χ4n) is 4.13. The van der Waals surface area contributed by atoms with Crippen molar-refractivity contribution < 1.29 is 23.5 Å². The summed E-state index contributed by atoms with van der Waals surface area (Å²) in [6.45, 7) is 8.58. The summed E-state index contributed by atoms with van der Waals surface area (Å²) < 4.78 is 26.5. The van der Waals surface area contributed by atoms with Gasteiger partial charge >= 0.3 is 12.1 Å². The molecule has 0 bridgehead atoms. The van der Waals surface area contributed by atoms with E-state index in [0.717, 1.165) is 34.6 Å². The third-order valence-corrected chi connectivity index (χ3v) is 6.52. The molecule has 2 aliphatic heterocycles. The van der Waals surface area contributed by atoms with Gasteiger partial charge in [0.1, 0.15) is 11.4 Å². The molecule has 7 nitrogen and oxygen atoms in total. The SMILES string of the molecule is CCOC(=O)c1nn(C2CCCN(C(=O)OC(C)(C)C)C2)c2c1CSc1cc(F)ccc1-2. The van der Waals surface area contributed by atoms with Gasteiger partial charge in [-0.25, -0.2) is 14.0 Å². The standard InChI is InChI=1S/C23H28FN3O4S/c1-5-30-21(28)19-17-13-32-18-11-14(24)8-9-16(18)20(17)27(25-19)15-7-6-10-26(12-15)22(29)31-23(2,3)4/h8-9,11,15H,5-7,10,12-13H2,1-4H3. The van der Waals surface area contributed by atoms with Crippen molar-refractivity contribution in [3.63, 3.8) is 0 Å². The Bertz CT molecular complexity index is 1050. The first kappa shape index (κ1) is 22.6. The second-order valence-electron chi connectivity index (χ2n) is 8.99. The number of carbonyl (C=O) groups excluding carboxylic acids is 2. The summed E-state index contributed by atoms with van der Waals surface area (Å²) in [5.41, 5.74) is 2.15. The molecule has 0 N–H and O–H groups in total. The minimum absolute atomic E-state index is 0.130. The number of aromatic nitrogens is 2. The second kappa shape index (κ2) is 8.77. The molecule has 3 heterocycles. The lowest BCUT2D eigenvalue weighted by molar-refractivity contribution is 0.0166. The maximum atomic E-state index is 13.9. The summed E-state index contributed by atoms with van der Waals surface area (Å²) in [6, 6.07) is 4.54. The summed E-state index contributed by atoms with van der Waals surface area (Å²) >= 11 is 1.48. The van der Waals surface area contributed by atoms with Crippen molar-refractivity contribution >= 4 is 23.8 Å². The molecule has 1 fully saturated rings. The topological polar surface area (TPSA) is 73.7 Å². The van der Waals surface area contributed by atoms with Crippen molar-refractivity contribution in [1.82, 2.24) is 14.7 Å². The minimum atomic E-state index is -0.577. The van der Waals surface area contributed by atoms with E-state index in [1.54, 1.807) is 17.9 Å². The van der Waals surface area contributed by atoms with Crippen molar-refractivity contribution in [3.05, 3.63) is 35.3 Å². The number of rotatable bonds is 3. The molecule has 1 atom stereocenters. The number of ether oxygens (including phenoxy) is 2. The molecule has 0 spiro atoms. The third-order valence-electron chi connectivity index (χ3n) is 5.44. The number of benzene rings is 1. The highest BCUT2D eigenvalue weighted by Gasteiger charge is 2.35. The first-order valence-electron chi connectivity index (χ1n) is 10.9. The largest absolute Gasteiger partial charge is 0.461 e. The van der Waals surface area contributed by atoms with E-state index in [9.17, 15) is 14.0 Å². The van der Waals surface area contributed by atoms with Crippen LogP contribution in [-0.4, -0.2) is 52.0 Å². The van der Waals surface area contributed by atoms with E-state index >= 15 is 0 Å². The number of fused-ring (bicyclic) bond motifs is 3. The highest BCUT2D eigenvalue weighted by atomic mass is 32.2. The maximum Gasteiger partial charge on any atom is 0.410 e. The van der Waals surface area contributed by atoms with Crippen molar-refractivity contribution in [2.75, 3.05) is 19.7 Å². The smallest absolute Gasteiger partial charge is 0.410 e. The van der Waals surface area contributed by atoms with Crippen LogP contribution in [0.15, 0.2) is 23.1 Å². The van der Waals surface area contributed by atoms with Gasteiger partial charge in [0.05, 0.1) is 18.3 Å². The summed E-state index contributed by atoms with van der Waals surface area (Å²) in [4.78, 5) is 27.8. The van der Waals surface area contributed by atoms with Crippen LogP contribution in [0.5, 0.6) is 0 Å². The Morgan fingerprint density at radius 2 is 2.09 bits per heavy atom. The number of esters is 1. The number of nitrogens with zero attached hydrogens (tertiary/aromatic N) is 3. The molecule has 1 aromatic heterocycles. The predicted octanol–water partition coefficient (Wildman–Crippen LogP) is 5.04. The van der Waals surface area contributed by atoms with Crippen molar-refractivity contribution in [2.24, 2.45) is 0 Å². The Labute approximate surface area is 191 Å².